The number of hydrogen-bond acceptors (Lipinski definition) is 2. The Hall–Kier alpha value is -1.57. The molecule has 0 aliphatic heterocycles. The molecule has 0 aromatic heterocycles. The smallest absolute Gasteiger partial charge is 0.333 e. The molecular formula is C18H24O2. The lowest BCUT2D eigenvalue weighted by atomic mass is 9.91. The fourth-order valence-corrected chi connectivity index (χ4v) is 3.38. The Labute approximate surface area is 121 Å². The average Bonchev–Trinajstić information content (AvgIpc) is 2.98. The zero-order valence-corrected chi connectivity index (χ0v) is 12.8. The van der Waals surface area contributed by atoms with Gasteiger partial charge in [0.2, 0.25) is 0 Å². The van der Waals surface area contributed by atoms with Crippen LogP contribution in [0, 0.1) is 17.3 Å². The second kappa shape index (κ2) is 5.43. The highest BCUT2D eigenvalue weighted by Crippen LogP contribution is 2.64. The summed E-state index contributed by atoms with van der Waals surface area (Å²) in [6, 6.07) is 10.6. The number of rotatable bonds is 5. The fourth-order valence-electron chi connectivity index (χ4n) is 3.38. The lowest BCUT2D eigenvalue weighted by molar-refractivity contribution is -0.140. The SMILES string of the molecule is C=C(C)C(=O)OC[C@@]1(C)[C@H]([C@@H](C)c2ccccc2)[C@@H]1C. The molecule has 0 radical (unpaired) electrons. The first kappa shape index (κ1) is 14.8. The number of carbonyl (C=O) groups is 1. The van der Waals surface area contributed by atoms with Gasteiger partial charge in [-0.05, 0) is 30.2 Å². The molecule has 4 atom stereocenters. The van der Waals surface area contributed by atoms with Crippen molar-refractivity contribution in [3.05, 3.63) is 48.0 Å². The first-order valence-corrected chi connectivity index (χ1v) is 7.25. The second-order valence-corrected chi connectivity index (χ2v) is 6.38. The third kappa shape index (κ3) is 2.65. The van der Waals surface area contributed by atoms with E-state index in [1.165, 1.54) is 5.56 Å². The molecule has 0 spiro atoms. The Balaban J connectivity index is 2.01. The van der Waals surface area contributed by atoms with Crippen LogP contribution < -0.4 is 0 Å². The van der Waals surface area contributed by atoms with E-state index < -0.39 is 0 Å². The van der Waals surface area contributed by atoms with Crippen molar-refractivity contribution in [3.63, 3.8) is 0 Å². The van der Waals surface area contributed by atoms with Gasteiger partial charge in [-0.3, -0.25) is 0 Å². The van der Waals surface area contributed by atoms with Gasteiger partial charge in [-0.2, -0.15) is 0 Å². The quantitative estimate of drug-likeness (QED) is 0.593. The molecular weight excluding hydrogens is 248 g/mol. The minimum absolute atomic E-state index is 0.0837. The van der Waals surface area contributed by atoms with Gasteiger partial charge in [-0.25, -0.2) is 4.79 Å². The molecule has 1 saturated carbocycles. The second-order valence-electron chi connectivity index (χ2n) is 6.38. The van der Waals surface area contributed by atoms with Crippen molar-refractivity contribution < 1.29 is 9.53 Å². The van der Waals surface area contributed by atoms with Crippen LogP contribution in [0.5, 0.6) is 0 Å². The monoisotopic (exact) mass is 272 g/mol. The summed E-state index contributed by atoms with van der Waals surface area (Å²) in [6.07, 6.45) is 0. The van der Waals surface area contributed by atoms with Gasteiger partial charge in [0.15, 0.2) is 0 Å². The molecule has 0 N–H and O–H groups in total. The molecule has 108 valence electrons. The van der Waals surface area contributed by atoms with E-state index in [1.54, 1.807) is 6.92 Å². The van der Waals surface area contributed by atoms with Gasteiger partial charge in [-0.1, -0.05) is 57.7 Å². The predicted octanol–water partition coefficient (Wildman–Crippen LogP) is 4.18. The van der Waals surface area contributed by atoms with E-state index >= 15 is 0 Å². The Morgan fingerprint density at radius 3 is 2.55 bits per heavy atom. The average molecular weight is 272 g/mol. The lowest BCUT2D eigenvalue weighted by Gasteiger charge is -2.17. The van der Waals surface area contributed by atoms with E-state index in [4.69, 9.17) is 4.74 Å². The molecule has 1 aromatic carbocycles. The molecule has 2 nitrogen and oxygen atoms in total. The fraction of sp³-hybridized carbons (Fsp3) is 0.500. The molecule has 0 amide bonds. The summed E-state index contributed by atoms with van der Waals surface area (Å²) in [5.41, 5.74) is 1.91. The van der Waals surface area contributed by atoms with E-state index in [-0.39, 0.29) is 11.4 Å². The zero-order chi connectivity index (χ0) is 14.9. The third-order valence-electron chi connectivity index (χ3n) is 4.96. The van der Waals surface area contributed by atoms with E-state index in [0.717, 1.165) is 0 Å². The van der Waals surface area contributed by atoms with Crippen LogP contribution in [0.4, 0.5) is 0 Å². The largest absolute Gasteiger partial charge is 0.462 e. The zero-order valence-electron chi connectivity index (χ0n) is 12.8. The Bertz CT molecular complexity index is 505. The molecule has 2 rings (SSSR count). The maximum Gasteiger partial charge on any atom is 0.333 e. The van der Waals surface area contributed by atoms with Crippen LogP contribution in [0.25, 0.3) is 0 Å². The molecule has 1 aliphatic carbocycles. The van der Waals surface area contributed by atoms with Crippen LogP contribution in [0.1, 0.15) is 39.2 Å². The van der Waals surface area contributed by atoms with Crippen LogP contribution in [-0.2, 0) is 9.53 Å². The summed E-state index contributed by atoms with van der Waals surface area (Å²) in [6.45, 7) is 12.5. The first-order chi connectivity index (χ1) is 9.38. The van der Waals surface area contributed by atoms with Crippen molar-refractivity contribution in [2.75, 3.05) is 6.61 Å². The highest BCUT2D eigenvalue weighted by atomic mass is 16.5. The first-order valence-electron chi connectivity index (χ1n) is 7.25. The van der Waals surface area contributed by atoms with Crippen molar-refractivity contribution in [1.82, 2.24) is 0 Å². The van der Waals surface area contributed by atoms with E-state index in [1.807, 2.05) is 6.07 Å². The summed E-state index contributed by atoms with van der Waals surface area (Å²) in [7, 11) is 0. The summed E-state index contributed by atoms with van der Waals surface area (Å²) in [4.78, 5) is 11.5. The van der Waals surface area contributed by atoms with Crippen LogP contribution >= 0.6 is 0 Å². The number of benzene rings is 1. The molecule has 0 saturated heterocycles. The van der Waals surface area contributed by atoms with Crippen molar-refractivity contribution in [1.29, 1.82) is 0 Å². The van der Waals surface area contributed by atoms with Crippen LogP contribution in [0.2, 0.25) is 0 Å². The highest BCUT2D eigenvalue weighted by molar-refractivity contribution is 5.86. The standard InChI is InChI=1S/C18H24O2/c1-12(2)17(19)20-11-18(5)14(4)16(18)13(3)15-9-7-6-8-10-15/h6-10,13-14,16H,1,11H2,2-5H3/t13-,14-,16+,18+/m0/s1. The molecule has 0 bridgehead atoms. The van der Waals surface area contributed by atoms with Crippen LogP contribution in [-0.4, -0.2) is 12.6 Å². The van der Waals surface area contributed by atoms with E-state index in [0.29, 0.717) is 29.9 Å². The van der Waals surface area contributed by atoms with Gasteiger partial charge >= 0.3 is 5.97 Å². The molecule has 2 heteroatoms. The summed E-state index contributed by atoms with van der Waals surface area (Å²) < 4.78 is 5.38. The van der Waals surface area contributed by atoms with Crippen molar-refractivity contribution in [3.8, 4) is 0 Å². The summed E-state index contributed by atoms with van der Waals surface area (Å²) in [5, 5.41) is 0. The summed E-state index contributed by atoms with van der Waals surface area (Å²) in [5.74, 6) is 1.33. The van der Waals surface area contributed by atoms with E-state index in [9.17, 15) is 4.79 Å². The Morgan fingerprint density at radius 2 is 2.00 bits per heavy atom. The molecule has 0 unspecified atom stereocenters. The molecule has 0 heterocycles. The topological polar surface area (TPSA) is 26.3 Å². The van der Waals surface area contributed by atoms with Crippen molar-refractivity contribution in [2.24, 2.45) is 17.3 Å². The Kier molecular flexibility index (Phi) is 4.03. The van der Waals surface area contributed by atoms with Crippen LogP contribution in [0.3, 0.4) is 0 Å². The van der Waals surface area contributed by atoms with Crippen molar-refractivity contribution in [2.45, 2.75) is 33.6 Å². The molecule has 20 heavy (non-hydrogen) atoms. The van der Waals surface area contributed by atoms with Gasteiger partial charge < -0.3 is 4.74 Å². The summed E-state index contributed by atoms with van der Waals surface area (Å²) >= 11 is 0. The van der Waals surface area contributed by atoms with E-state index in [2.05, 4.69) is 51.6 Å². The molecule has 1 fully saturated rings. The lowest BCUT2D eigenvalue weighted by Crippen LogP contribution is -2.16. The van der Waals surface area contributed by atoms with Gasteiger partial charge in [0.25, 0.3) is 0 Å². The predicted molar refractivity (Wildman–Crippen MR) is 81.4 cm³/mol. The van der Waals surface area contributed by atoms with Crippen molar-refractivity contribution >= 4 is 5.97 Å². The Morgan fingerprint density at radius 1 is 1.40 bits per heavy atom. The minimum Gasteiger partial charge on any atom is -0.462 e. The minimum atomic E-state index is -0.281. The maximum absolute atomic E-state index is 11.5. The van der Waals surface area contributed by atoms with Gasteiger partial charge in [0.1, 0.15) is 0 Å². The third-order valence-corrected chi connectivity index (χ3v) is 4.96. The van der Waals surface area contributed by atoms with Gasteiger partial charge in [-0.15, -0.1) is 0 Å². The van der Waals surface area contributed by atoms with Gasteiger partial charge in [0.05, 0.1) is 6.61 Å². The normalized spacial score (nSPS) is 29.6. The van der Waals surface area contributed by atoms with Gasteiger partial charge in [0, 0.05) is 11.0 Å². The number of esters is 1. The maximum atomic E-state index is 11.5. The molecule has 1 aliphatic rings. The highest BCUT2D eigenvalue weighted by Gasteiger charge is 2.61. The van der Waals surface area contributed by atoms with Crippen LogP contribution in [0.15, 0.2) is 42.5 Å². The number of hydrogen-bond donors (Lipinski definition) is 0. The number of ether oxygens (including phenoxy) is 1. The molecule has 1 aromatic rings. The number of carbonyl (C=O) groups excluding carboxylic acids is 1.